The van der Waals surface area contributed by atoms with Crippen LogP contribution in [0.1, 0.15) is 32.3 Å². The topological polar surface area (TPSA) is 87.5 Å². The predicted molar refractivity (Wildman–Crippen MR) is 113 cm³/mol. The molecule has 4 fully saturated rings. The van der Waals surface area contributed by atoms with Crippen molar-refractivity contribution in [2.45, 2.75) is 44.7 Å². The Morgan fingerprint density at radius 3 is 2.76 bits per heavy atom. The first-order chi connectivity index (χ1) is 13.9. The lowest BCUT2D eigenvalue weighted by Crippen LogP contribution is -2.74. The van der Waals surface area contributed by atoms with E-state index < -0.39 is 5.54 Å². The summed E-state index contributed by atoms with van der Waals surface area (Å²) in [6.45, 7) is 7.94. The number of hydrogen-bond acceptors (Lipinski definition) is 4. The maximum absolute atomic E-state index is 13.5. The highest BCUT2D eigenvalue weighted by Crippen LogP contribution is 2.52. The minimum absolute atomic E-state index is 0.0410. The second-order valence-electron chi connectivity index (χ2n) is 9.59. The maximum Gasteiger partial charge on any atom is 0.240 e. The summed E-state index contributed by atoms with van der Waals surface area (Å²) in [5.74, 6) is 1.66. The Morgan fingerprint density at radius 1 is 1.31 bits per heavy atom. The van der Waals surface area contributed by atoms with Crippen molar-refractivity contribution >= 4 is 11.8 Å². The highest BCUT2D eigenvalue weighted by Gasteiger charge is 2.64. The number of rotatable bonds is 8. The summed E-state index contributed by atoms with van der Waals surface area (Å²) in [5.41, 5.74) is 5.98. The van der Waals surface area contributed by atoms with Gasteiger partial charge in [0.25, 0.3) is 0 Å². The van der Waals surface area contributed by atoms with Crippen LogP contribution in [-0.2, 0) is 16.0 Å². The summed E-state index contributed by atoms with van der Waals surface area (Å²) in [6, 6.07) is 11.0. The van der Waals surface area contributed by atoms with Crippen LogP contribution in [0.25, 0.3) is 0 Å². The number of primary amides is 1. The average molecular weight is 399 g/mol. The Bertz CT molecular complexity index is 753. The van der Waals surface area contributed by atoms with Gasteiger partial charge < -0.3 is 16.4 Å². The van der Waals surface area contributed by atoms with Gasteiger partial charge in [0, 0.05) is 44.6 Å². The fourth-order valence-corrected chi connectivity index (χ4v) is 6.15. The molecule has 3 saturated heterocycles. The lowest BCUT2D eigenvalue weighted by Gasteiger charge is -2.56. The maximum atomic E-state index is 13.5. The van der Waals surface area contributed by atoms with Crippen molar-refractivity contribution in [3.8, 4) is 0 Å². The average Bonchev–Trinajstić information content (AvgIpc) is 2.97. The first-order valence-corrected chi connectivity index (χ1v) is 11.0. The first kappa shape index (κ1) is 20.4. The standard InChI is InChI=1S/C23H34N4O2/c1-15(2)13-27-14-17-11-23(22(29)25-9-8-20(24)28)19(21(27)18(17)12-26-23)10-16-6-4-3-5-7-16/h3-7,15,17-19,21,26H,8-14H2,1-2H3,(H2,24,28)(H,25,29)/t17-,18-,19-,21+,23+/m1/s1. The van der Waals surface area contributed by atoms with Crippen LogP contribution in [0.3, 0.4) is 0 Å². The largest absolute Gasteiger partial charge is 0.370 e. The molecule has 4 aliphatic rings. The van der Waals surface area contributed by atoms with E-state index in [1.807, 2.05) is 6.07 Å². The summed E-state index contributed by atoms with van der Waals surface area (Å²) in [6.07, 6.45) is 1.95. The van der Waals surface area contributed by atoms with Crippen molar-refractivity contribution in [2.75, 3.05) is 26.2 Å². The van der Waals surface area contributed by atoms with Crippen LogP contribution in [0, 0.1) is 23.7 Å². The van der Waals surface area contributed by atoms with Crippen LogP contribution in [-0.4, -0.2) is 54.5 Å². The van der Waals surface area contributed by atoms with E-state index in [0.29, 0.717) is 30.3 Å². The number of nitrogens with one attached hydrogen (secondary N) is 2. The van der Waals surface area contributed by atoms with E-state index in [1.54, 1.807) is 0 Å². The molecule has 0 spiro atoms. The van der Waals surface area contributed by atoms with Gasteiger partial charge >= 0.3 is 0 Å². The van der Waals surface area contributed by atoms with E-state index in [4.69, 9.17) is 5.73 Å². The Hall–Kier alpha value is -1.92. The van der Waals surface area contributed by atoms with E-state index in [1.165, 1.54) is 5.56 Å². The molecule has 1 saturated carbocycles. The number of carbonyl (C=O) groups excluding carboxylic acids is 2. The highest BCUT2D eigenvalue weighted by molar-refractivity contribution is 5.88. The van der Waals surface area contributed by atoms with Gasteiger partial charge in [-0.15, -0.1) is 0 Å². The number of piperidine rings is 2. The van der Waals surface area contributed by atoms with Gasteiger partial charge in [0.2, 0.25) is 11.8 Å². The SMILES string of the molecule is CC(C)CN1C[C@H]2C[C@]3(C(=O)NCCC(N)=O)NC[C@H]2[C@H]1[C@H]3Cc1ccccc1. The zero-order chi connectivity index (χ0) is 20.6. The van der Waals surface area contributed by atoms with Gasteiger partial charge in [0.1, 0.15) is 5.54 Å². The molecular weight excluding hydrogens is 364 g/mol. The molecule has 1 aromatic carbocycles. The number of likely N-dealkylation sites (tertiary alicyclic amines) is 1. The van der Waals surface area contributed by atoms with Gasteiger partial charge in [-0.05, 0) is 36.2 Å². The van der Waals surface area contributed by atoms with Gasteiger partial charge in [0.15, 0.2) is 0 Å². The quantitative estimate of drug-likeness (QED) is 0.613. The number of benzene rings is 1. The lowest BCUT2D eigenvalue weighted by molar-refractivity contribution is -0.138. The second kappa shape index (κ2) is 8.07. The molecule has 3 heterocycles. The van der Waals surface area contributed by atoms with Gasteiger partial charge in [-0.25, -0.2) is 0 Å². The number of hydrogen-bond donors (Lipinski definition) is 3. The van der Waals surface area contributed by atoms with Crippen molar-refractivity contribution in [3.05, 3.63) is 35.9 Å². The zero-order valence-corrected chi connectivity index (χ0v) is 17.6. The van der Waals surface area contributed by atoms with Crippen molar-refractivity contribution in [1.82, 2.24) is 15.5 Å². The van der Waals surface area contributed by atoms with E-state index in [9.17, 15) is 9.59 Å². The number of nitrogens with two attached hydrogens (primary N) is 1. The van der Waals surface area contributed by atoms with Crippen molar-refractivity contribution in [3.63, 3.8) is 0 Å². The smallest absolute Gasteiger partial charge is 0.240 e. The Labute approximate surface area is 173 Å². The Kier molecular flexibility index (Phi) is 5.67. The van der Waals surface area contributed by atoms with Gasteiger partial charge in [0.05, 0.1) is 0 Å². The number of nitrogens with zero attached hydrogens (tertiary/aromatic N) is 1. The predicted octanol–water partition coefficient (Wildman–Crippen LogP) is 1.16. The molecule has 6 nitrogen and oxygen atoms in total. The molecule has 1 aromatic rings. The van der Waals surface area contributed by atoms with Gasteiger partial charge in [-0.3, -0.25) is 14.5 Å². The summed E-state index contributed by atoms with van der Waals surface area (Å²) in [4.78, 5) is 27.2. The van der Waals surface area contributed by atoms with Crippen LogP contribution in [0.15, 0.2) is 30.3 Å². The summed E-state index contributed by atoms with van der Waals surface area (Å²) >= 11 is 0. The third kappa shape index (κ3) is 3.80. The number of carbonyl (C=O) groups is 2. The van der Waals surface area contributed by atoms with Crippen LogP contribution in [0.4, 0.5) is 0 Å². The fraction of sp³-hybridized carbons (Fsp3) is 0.652. The van der Waals surface area contributed by atoms with Crippen molar-refractivity contribution in [2.24, 2.45) is 29.4 Å². The lowest BCUT2D eigenvalue weighted by atomic mass is 9.58. The first-order valence-electron chi connectivity index (χ1n) is 11.0. The minimum Gasteiger partial charge on any atom is -0.370 e. The molecule has 29 heavy (non-hydrogen) atoms. The molecule has 5 atom stereocenters. The van der Waals surface area contributed by atoms with E-state index in [2.05, 4.69) is 53.6 Å². The third-order valence-corrected chi connectivity index (χ3v) is 7.18. The minimum atomic E-state index is -0.566. The number of amides is 2. The Balaban J connectivity index is 1.63. The van der Waals surface area contributed by atoms with E-state index >= 15 is 0 Å². The van der Waals surface area contributed by atoms with Crippen LogP contribution < -0.4 is 16.4 Å². The molecule has 0 unspecified atom stereocenters. The molecule has 3 aliphatic heterocycles. The summed E-state index contributed by atoms with van der Waals surface area (Å²) in [5, 5.41) is 6.68. The molecule has 5 rings (SSSR count). The van der Waals surface area contributed by atoms with Crippen molar-refractivity contribution < 1.29 is 9.59 Å². The molecule has 6 heteroatoms. The van der Waals surface area contributed by atoms with Crippen LogP contribution in [0.2, 0.25) is 0 Å². The molecule has 2 amide bonds. The molecule has 4 N–H and O–H groups in total. The summed E-state index contributed by atoms with van der Waals surface area (Å²) in [7, 11) is 0. The number of fused-ring (bicyclic) bond motifs is 1. The van der Waals surface area contributed by atoms with Crippen LogP contribution >= 0.6 is 0 Å². The fourth-order valence-electron chi connectivity index (χ4n) is 6.15. The van der Waals surface area contributed by atoms with Gasteiger partial charge in [-0.1, -0.05) is 44.2 Å². The monoisotopic (exact) mass is 398 g/mol. The Morgan fingerprint density at radius 2 is 2.07 bits per heavy atom. The van der Waals surface area contributed by atoms with Gasteiger partial charge in [-0.2, -0.15) is 0 Å². The van der Waals surface area contributed by atoms with Crippen LogP contribution in [0.5, 0.6) is 0 Å². The van der Waals surface area contributed by atoms with Crippen molar-refractivity contribution in [1.29, 1.82) is 0 Å². The van der Waals surface area contributed by atoms with E-state index in [0.717, 1.165) is 32.5 Å². The molecule has 4 bridgehead atoms. The summed E-state index contributed by atoms with van der Waals surface area (Å²) < 4.78 is 0. The molecule has 158 valence electrons. The normalized spacial score (nSPS) is 33.2. The van der Waals surface area contributed by atoms with E-state index in [-0.39, 0.29) is 24.2 Å². The highest BCUT2D eigenvalue weighted by atomic mass is 16.2. The molecule has 0 aromatic heterocycles. The third-order valence-electron chi connectivity index (χ3n) is 7.18. The zero-order valence-electron chi connectivity index (χ0n) is 17.6. The second-order valence-corrected chi connectivity index (χ2v) is 9.59. The molecule has 1 aliphatic carbocycles. The molecule has 0 radical (unpaired) electrons. The molecular formula is C23H34N4O2.